The van der Waals surface area contributed by atoms with Crippen LogP contribution in [0.2, 0.25) is 0 Å². The molecular formula is C21H27NO10. The molecule has 0 spiro atoms. The Balaban J connectivity index is 3.23. The first-order valence-corrected chi connectivity index (χ1v) is 9.72. The van der Waals surface area contributed by atoms with Crippen molar-refractivity contribution in [2.45, 2.75) is 52.9 Å². The predicted molar refractivity (Wildman–Crippen MR) is 110 cm³/mol. The molecule has 0 aliphatic carbocycles. The van der Waals surface area contributed by atoms with Gasteiger partial charge in [-0.15, -0.1) is 0 Å². The second kappa shape index (κ2) is 12.9. The number of esters is 4. The number of rotatable bonds is 11. The zero-order chi connectivity index (χ0) is 24.3. The minimum atomic E-state index is -1.72. The van der Waals surface area contributed by atoms with Crippen molar-refractivity contribution >= 4 is 35.5 Å². The van der Waals surface area contributed by atoms with E-state index in [1.807, 2.05) is 6.92 Å². The number of hydrogen-bond acceptors (Lipinski definition) is 10. The highest BCUT2D eigenvalue weighted by Crippen LogP contribution is 2.19. The summed E-state index contributed by atoms with van der Waals surface area (Å²) in [4.78, 5) is 59.1. The fourth-order valence-corrected chi connectivity index (χ4v) is 2.60. The molecule has 0 aromatic heterocycles. The van der Waals surface area contributed by atoms with Crippen LogP contribution in [0.15, 0.2) is 24.3 Å². The molecule has 0 unspecified atom stereocenters. The second-order valence-electron chi connectivity index (χ2n) is 6.50. The molecule has 1 rings (SSSR count). The van der Waals surface area contributed by atoms with E-state index in [0.717, 1.165) is 27.7 Å². The van der Waals surface area contributed by atoms with Crippen LogP contribution in [0, 0.1) is 0 Å². The average Bonchev–Trinajstić information content (AvgIpc) is 2.68. The van der Waals surface area contributed by atoms with Crippen LogP contribution in [0.5, 0.6) is 5.75 Å². The van der Waals surface area contributed by atoms with E-state index >= 15 is 0 Å². The molecule has 32 heavy (non-hydrogen) atoms. The number of benzene rings is 1. The minimum absolute atomic E-state index is 0.334. The van der Waals surface area contributed by atoms with E-state index in [-0.39, 0.29) is 0 Å². The molecule has 0 aliphatic heterocycles. The van der Waals surface area contributed by atoms with Gasteiger partial charge in [0, 0.05) is 33.4 Å². The lowest BCUT2D eigenvalue weighted by molar-refractivity contribution is -0.190. The van der Waals surface area contributed by atoms with Gasteiger partial charge in [-0.1, -0.05) is 0 Å². The maximum atomic E-state index is 13.0. The zero-order valence-electron chi connectivity index (χ0n) is 18.5. The summed E-state index contributed by atoms with van der Waals surface area (Å²) >= 11 is 0. The first-order chi connectivity index (χ1) is 15.0. The number of anilines is 1. The normalized spacial score (nSPS) is 13.0. The van der Waals surface area contributed by atoms with Gasteiger partial charge in [0.25, 0.3) is 5.91 Å². The molecule has 0 fully saturated rings. The number of hydrogen-bond donors (Lipinski definition) is 1. The third kappa shape index (κ3) is 9.45. The summed E-state index contributed by atoms with van der Waals surface area (Å²) in [5.74, 6) is -3.49. The van der Waals surface area contributed by atoms with Gasteiger partial charge in [0.05, 0.1) is 6.61 Å². The van der Waals surface area contributed by atoms with Gasteiger partial charge < -0.3 is 29.0 Å². The number of nitrogens with one attached hydrogen (secondary N) is 1. The number of ether oxygens (including phenoxy) is 5. The molecule has 11 heteroatoms. The molecule has 1 amide bonds. The van der Waals surface area contributed by atoms with Crippen molar-refractivity contribution in [3.05, 3.63) is 24.3 Å². The van der Waals surface area contributed by atoms with E-state index < -0.39 is 54.7 Å². The van der Waals surface area contributed by atoms with E-state index in [2.05, 4.69) is 5.32 Å². The Bertz CT molecular complexity index is 820. The Morgan fingerprint density at radius 2 is 1.38 bits per heavy atom. The lowest BCUT2D eigenvalue weighted by Crippen LogP contribution is -2.52. The van der Waals surface area contributed by atoms with Gasteiger partial charge in [0.1, 0.15) is 12.4 Å². The van der Waals surface area contributed by atoms with Crippen LogP contribution >= 0.6 is 0 Å². The molecule has 1 N–H and O–H groups in total. The third-order valence-corrected chi connectivity index (χ3v) is 3.72. The molecule has 0 heterocycles. The summed E-state index contributed by atoms with van der Waals surface area (Å²) in [6.07, 6.45) is -4.74. The summed E-state index contributed by atoms with van der Waals surface area (Å²) < 4.78 is 25.5. The van der Waals surface area contributed by atoms with Crippen molar-refractivity contribution in [1.82, 2.24) is 0 Å². The molecule has 176 valence electrons. The van der Waals surface area contributed by atoms with Crippen molar-refractivity contribution < 1.29 is 47.7 Å². The van der Waals surface area contributed by atoms with Crippen LogP contribution in [0.4, 0.5) is 5.69 Å². The van der Waals surface area contributed by atoms with E-state index in [1.54, 1.807) is 24.3 Å². The molecule has 0 aliphatic rings. The van der Waals surface area contributed by atoms with E-state index in [1.165, 1.54) is 0 Å². The average molecular weight is 453 g/mol. The van der Waals surface area contributed by atoms with Crippen molar-refractivity contribution in [2.75, 3.05) is 18.5 Å². The smallest absolute Gasteiger partial charge is 0.303 e. The van der Waals surface area contributed by atoms with E-state index in [9.17, 15) is 24.0 Å². The van der Waals surface area contributed by atoms with Gasteiger partial charge in [-0.05, 0) is 31.2 Å². The Labute approximate surface area is 185 Å². The highest BCUT2D eigenvalue weighted by molar-refractivity contribution is 5.96. The molecule has 11 nitrogen and oxygen atoms in total. The Hall–Kier alpha value is -3.63. The second-order valence-corrected chi connectivity index (χ2v) is 6.50. The largest absolute Gasteiger partial charge is 0.494 e. The SMILES string of the molecule is CCOc1ccc(NC(=O)[C@H](OC(C)=O)[C@H](OC(C)=O)[C@@H](COC(C)=O)OC(C)=O)cc1. The monoisotopic (exact) mass is 453 g/mol. The molecule has 0 saturated heterocycles. The summed E-state index contributed by atoms with van der Waals surface area (Å²) in [5, 5.41) is 2.53. The predicted octanol–water partition coefficient (Wildman–Crippen LogP) is 1.38. The molecule has 0 bridgehead atoms. The maximum Gasteiger partial charge on any atom is 0.303 e. The van der Waals surface area contributed by atoms with Gasteiger partial charge in [-0.25, -0.2) is 0 Å². The number of carbonyl (C=O) groups excluding carboxylic acids is 5. The molecule has 1 aromatic carbocycles. The lowest BCUT2D eigenvalue weighted by Gasteiger charge is -2.30. The molecule has 0 saturated carbocycles. The van der Waals surface area contributed by atoms with Crippen LogP contribution in [0.1, 0.15) is 34.6 Å². The summed E-state index contributed by atoms with van der Waals surface area (Å²) in [5.41, 5.74) is 0.334. The standard InChI is InChI=1S/C21H27NO10/c1-6-28-17-9-7-16(8-10-17)22-21(27)20(32-15(5)26)19(31-14(4)25)18(30-13(3)24)11-29-12(2)23/h7-10,18-20H,6,11H2,1-5H3,(H,22,27)/t18-,19-,20-/m1/s1. The lowest BCUT2D eigenvalue weighted by atomic mass is 10.1. The van der Waals surface area contributed by atoms with Crippen LogP contribution in [0.25, 0.3) is 0 Å². The zero-order valence-corrected chi connectivity index (χ0v) is 18.5. The Kier molecular flexibility index (Phi) is 10.7. The maximum absolute atomic E-state index is 13.0. The summed E-state index contributed by atoms with van der Waals surface area (Å²) in [7, 11) is 0. The van der Waals surface area contributed by atoms with Crippen molar-refractivity contribution in [3.8, 4) is 5.75 Å². The summed E-state index contributed by atoms with van der Waals surface area (Å²) in [6, 6.07) is 6.34. The van der Waals surface area contributed by atoms with Crippen molar-refractivity contribution in [3.63, 3.8) is 0 Å². The van der Waals surface area contributed by atoms with Crippen molar-refractivity contribution in [2.24, 2.45) is 0 Å². The Morgan fingerprint density at radius 3 is 1.84 bits per heavy atom. The highest BCUT2D eigenvalue weighted by atomic mass is 16.6. The Morgan fingerprint density at radius 1 is 0.812 bits per heavy atom. The molecular weight excluding hydrogens is 426 g/mol. The van der Waals surface area contributed by atoms with Crippen LogP contribution in [0.3, 0.4) is 0 Å². The van der Waals surface area contributed by atoms with Gasteiger partial charge in [-0.3, -0.25) is 24.0 Å². The van der Waals surface area contributed by atoms with E-state index in [4.69, 9.17) is 23.7 Å². The highest BCUT2D eigenvalue weighted by Gasteiger charge is 2.42. The van der Waals surface area contributed by atoms with Crippen LogP contribution in [-0.4, -0.2) is 61.3 Å². The van der Waals surface area contributed by atoms with Gasteiger partial charge in [0.15, 0.2) is 12.2 Å². The van der Waals surface area contributed by atoms with Gasteiger partial charge in [0.2, 0.25) is 6.10 Å². The van der Waals surface area contributed by atoms with Gasteiger partial charge >= 0.3 is 23.9 Å². The fraction of sp³-hybridized carbons (Fsp3) is 0.476. The topological polar surface area (TPSA) is 144 Å². The quantitative estimate of drug-likeness (QED) is 0.385. The number of amides is 1. The van der Waals surface area contributed by atoms with Crippen LogP contribution in [-0.2, 0) is 42.9 Å². The van der Waals surface area contributed by atoms with Crippen molar-refractivity contribution in [1.29, 1.82) is 0 Å². The molecule has 3 atom stereocenters. The fourth-order valence-electron chi connectivity index (χ4n) is 2.60. The number of carbonyl (C=O) groups is 5. The van der Waals surface area contributed by atoms with Crippen LogP contribution < -0.4 is 10.1 Å². The third-order valence-electron chi connectivity index (χ3n) is 3.72. The molecule has 1 aromatic rings. The van der Waals surface area contributed by atoms with Gasteiger partial charge in [-0.2, -0.15) is 0 Å². The van der Waals surface area contributed by atoms with E-state index in [0.29, 0.717) is 18.0 Å². The summed E-state index contributed by atoms with van der Waals surface area (Å²) in [6.45, 7) is 6.04. The first kappa shape index (κ1) is 26.4. The minimum Gasteiger partial charge on any atom is -0.494 e. The first-order valence-electron chi connectivity index (χ1n) is 9.72. The molecule has 0 radical (unpaired) electrons.